The fourth-order valence-electron chi connectivity index (χ4n) is 2.88. The Kier molecular flexibility index (Phi) is 11.0. The number of ether oxygens (including phenoxy) is 1. The van der Waals surface area contributed by atoms with Crippen molar-refractivity contribution in [3.05, 3.63) is 12.2 Å². The predicted octanol–water partition coefficient (Wildman–Crippen LogP) is 6.43. The lowest BCUT2D eigenvalue weighted by atomic mass is 9.86. The van der Waals surface area contributed by atoms with Crippen LogP contribution in [0.4, 0.5) is 0 Å². The molecule has 0 amide bonds. The van der Waals surface area contributed by atoms with Gasteiger partial charge < -0.3 is 9.16 Å². The Morgan fingerprint density at radius 3 is 2.16 bits per heavy atom. The van der Waals surface area contributed by atoms with E-state index in [0.717, 1.165) is 19.3 Å². The number of hydrogen-bond donors (Lipinski definition) is 0. The third-order valence-electron chi connectivity index (χ3n) is 5.56. The summed E-state index contributed by atoms with van der Waals surface area (Å²) < 4.78 is 12.7. The van der Waals surface area contributed by atoms with E-state index in [4.69, 9.17) is 9.16 Å². The van der Waals surface area contributed by atoms with Crippen LogP contribution in [0.5, 0.6) is 0 Å². The van der Waals surface area contributed by atoms with Crippen LogP contribution in [0.3, 0.4) is 0 Å². The molecule has 2 nitrogen and oxygen atoms in total. The predicted molar refractivity (Wildman–Crippen MR) is 113 cm³/mol. The van der Waals surface area contributed by atoms with Gasteiger partial charge in [0.15, 0.2) is 8.32 Å². The summed E-state index contributed by atoms with van der Waals surface area (Å²) in [6, 6.07) is 0. The molecule has 4 atom stereocenters. The normalized spacial score (nSPS) is 17.7. The minimum atomic E-state index is -1.83. The molecule has 0 aromatic carbocycles. The van der Waals surface area contributed by atoms with Gasteiger partial charge in [-0.1, -0.05) is 53.7 Å². The third-order valence-corrected chi connectivity index (χ3v) is 10.1. The van der Waals surface area contributed by atoms with Crippen LogP contribution in [-0.4, -0.2) is 27.6 Å². The van der Waals surface area contributed by atoms with Crippen LogP contribution >= 0.6 is 0 Å². The molecule has 0 rings (SSSR count). The second kappa shape index (κ2) is 11.2. The smallest absolute Gasteiger partial charge is 0.192 e. The zero-order chi connectivity index (χ0) is 19.7. The second-order valence-corrected chi connectivity index (χ2v) is 13.5. The molecule has 0 aliphatic carbocycles. The number of hydrogen-bond acceptors (Lipinski definition) is 2. The molecule has 25 heavy (non-hydrogen) atoms. The summed E-state index contributed by atoms with van der Waals surface area (Å²) in [6.07, 6.45) is 7.75. The van der Waals surface area contributed by atoms with Crippen molar-refractivity contribution in [3.8, 4) is 11.8 Å². The zero-order valence-electron chi connectivity index (χ0n) is 18.4. The summed E-state index contributed by atoms with van der Waals surface area (Å²) in [4.78, 5) is 0. The van der Waals surface area contributed by atoms with Crippen molar-refractivity contribution in [1.29, 1.82) is 0 Å². The Morgan fingerprint density at radius 1 is 1.12 bits per heavy atom. The summed E-state index contributed by atoms with van der Waals surface area (Å²) in [7, 11) is -0.00539. The molecule has 0 heterocycles. The van der Waals surface area contributed by atoms with Crippen LogP contribution in [-0.2, 0) is 9.16 Å². The van der Waals surface area contributed by atoms with Gasteiger partial charge in [-0.15, -0.1) is 11.8 Å². The van der Waals surface area contributed by atoms with Crippen LogP contribution in [0.1, 0.15) is 67.7 Å². The van der Waals surface area contributed by atoms with Gasteiger partial charge in [-0.25, -0.2) is 0 Å². The summed E-state index contributed by atoms with van der Waals surface area (Å²) in [5, 5.41) is 0.210. The monoisotopic (exact) mass is 366 g/mol. The highest BCUT2D eigenvalue weighted by molar-refractivity contribution is 6.74. The first-order valence-corrected chi connectivity index (χ1v) is 12.7. The topological polar surface area (TPSA) is 18.5 Å². The van der Waals surface area contributed by atoms with Gasteiger partial charge in [-0.05, 0) is 43.8 Å². The molecule has 0 aromatic heterocycles. The third kappa shape index (κ3) is 8.11. The quantitative estimate of drug-likeness (QED) is 0.252. The second-order valence-electron chi connectivity index (χ2n) is 8.70. The first-order valence-electron chi connectivity index (χ1n) is 9.77. The van der Waals surface area contributed by atoms with E-state index in [1.54, 1.807) is 0 Å². The van der Waals surface area contributed by atoms with Crippen molar-refractivity contribution in [2.45, 2.75) is 98.1 Å². The van der Waals surface area contributed by atoms with Crippen molar-refractivity contribution >= 4 is 8.32 Å². The lowest BCUT2D eigenvalue weighted by molar-refractivity contribution is -0.0275. The highest BCUT2D eigenvalue weighted by atomic mass is 28.4. The highest BCUT2D eigenvalue weighted by Gasteiger charge is 2.41. The van der Waals surface area contributed by atoms with Crippen molar-refractivity contribution in [1.82, 2.24) is 0 Å². The van der Waals surface area contributed by atoms with E-state index in [2.05, 4.69) is 78.6 Å². The molecule has 0 bridgehead atoms. The Hall–Kier alpha value is -0.563. The maximum Gasteiger partial charge on any atom is 0.192 e. The Bertz CT molecular complexity index is 451. The van der Waals surface area contributed by atoms with Crippen LogP contribution in [0.2, 0.25) is 18.1 Å². The van der Waals surface area contributed by atoms with Gasteiger partial charge in [-0.2, -0.15) is 0 Å². The molecule has 0 N–H and O–H groups in total. The molecule has 0 aliphatic rings. The van der Waals surface area contributed by atoms with Crippen LogP contribution in [0.25, 0.3) is 0 Å². The van der Waals surface area contributed by atoms with Gasteiger partial charge >= 0.3 is 0 Å². The minimum Gasteiger partial charge on any atom is -0.413 e. The molecular formula is C22H42O2Si. The fraction of sp³-hybridized carbons (Fsp3) is 0.818. The molecule has 0 aliphatic heterocycles. The maximum atomic E-state index is 6.82. The van der Waals surface area contributed by atoms with Crippen molar-refractivity contribution in [3.63, 3.8) is 0 Å². The number of methoxy groups -OCH3 is 1. The molecule has 0 aromatic rings. The van der Waals surface area contributed by atoms with Gasteiger partial charge in [0.1, 0.15) is 0 Å². The van der Waals surface area contributed by atoms with Gasteiger partial charge in [0.05, 0.1) is 12.2 Å². The maximum absolute atomic E-state index is 6.82. The zero-order valence-corrected chi connectivity index (χ0v) is 19.4. The lowest BCUT2D eigenvalue weighted by Crippen LogP contribution is -2.48. The number of rotatable bonds is 10. The van der Waals surface area contributed by atoms with Crippen LogP contribution in [0.15, 0.2) is 12.2 Å². The SMILES string of the molecule is CC#CC[C@H](C)[C@@H](OC)[C@@H](C)[C@@H](C/C=C/CC)O[Si](C)(C)C(C)(C)C. The standard InChI is InChI=1S/C22H42O2Si/c1-11-13-15-17-20(24-25(9,10)22(5,6)7)19(4)21(23-8)18(3)16-14-12-2/h13,15,18-21H,11,16-17H2,1-10H3/b15-13+/t18-,19-,20+,21+/m0/s1. The summed E-state index contributed by atoms with van der Waals surface area (Å²) in [6.45, 7) is 20.2. The van der Waals surface area contributed by atoms with Gasteiger partial charge in [-0.3, -0.25) is 0 Å². The average Bonchev–Trinajstić information content (AvgIpc) is 2.51. The molecule has 3 heteroatoms. The van der Waals surface area contributed by atoms with E-state index < -0.39 is 8.32 Å². The van der Waals surface area contributed by atoms with Crippen LogP contribution in [0, 0.1) is 23.7 Å². The van der Waals surface area contributed by atoms with Crippen molar-refractivity contribution in [2.24, 2.45) is 11.8 Å². The molecule has 0 fully saturated rings. The van der Waals surface area contributed by atoms with E-state index in [9.17, 15) is 0 Å². The lowest BCUT2D eigenvalue weighted by Gasteiger charge is -2.42. The Balaban J connectivity index is 5.40. The first-order chi connectivity index (χ1) is 11.5. The summed E-state index contributed by atoms with van der Waals surface area (Å²) in [5.74, 6) is 6.93. The fourth-order valence-corrected chi connectivity index (χ4v) is 4.30. The van der Waals surface area contributed by atoms with Crippen LogP contribution < -0.4 is 0 Å². The Morgan fingerprint density at radius 2 is 1.72 bits per heavy atom. The Labute approximate surface area is 158 Å². The van der Waals surface area contributed by atoms with E-state index in [1.807, 2.05) is 14.0 Å². The molecule has 0 unspecified atom stereocenters. The van der Waals surface area contributed by atoms with E-state index in [-0.39, 0.29) is 17.2 Å². The van der Waals surface area contributed by atoms with Gasteiger partial charge in [0, 0.05) is 19.4 Å². The molecule has 0 radical (unpaired) electrons. The van der Waals surface area contributed by atoms with E-state index in [1.165, 1.54) is 0 Å². The van der Waals surface area contributed by atoms with Gasteiger partial charge in [0.2, 0.25) is 0 Å². The summed E-state index contributed by atoms with van der Waals surface area (Å²) in [5.41, 5.74) is 0. The van der Waals surface area contributed by atoms with Crippen molar-refractivity contribution in [2.75, 3.05) is 7.11 Å². The summed E-state index contributed by atoms with van der Waals surface area (Å²) >= 11 is 0. The average molecular weight is 367 g/mol. The molecule has 0 saturated heterocycles. The molecule has 0 spiro atoms. The highest BCUT2D eigenvalue weighted by Crippen LogP contribution is 2.39. The molecular weight excluding hydrogens is 324 g/mol. The van der Waals surface area contributed by atoms with E-state index >= 15 is 0 Å². The minimum absolute atomic E-state index is 0.158. The largest absolute Gasteiger partial charge is 0.413 e. The van der Waals surface area contributed by atoms with Crippen molar-refractivity contribution < 1.29 is 9.16 Å². The molecule has 146 valence electrons. The molecule has 0 saturated carbocycles. The number of allylic oxidation sites excluding steroid dienone is 1. The van der Waals surface area contributed by atoms with E-state index in [0.29, 0.717) is 11.8 Å². The van der Waals surface area contributed by atoms with Gasteiger partial charge in [0.25, 0.3) is 0 Å². The first kappa shape index (κ1) is 24.4.